The molecule has 1 heterocycles. The SMILES string of the molecule is CC1(C)CCN(C(=O)NC2(CC(=O)O)CCC2)CCS1. The molecule has 0 bridgehead atoms. The van der Waals surface area contributed by atoms with Crippen molar-refractivity contribution in [1.29, 1.82) is 0 Å². The number of urea groups is 1. The molecule has 1 saturated carbocycles. The van der Waals surface area contributed by atoms with Gasteiger partial charge in [0.25, 0.3) is 0 Å². The maximum absolute atomic E-state index is 12.4. The molecule has 2 fully saturated rings. The number of amides is 2. The molecule has 2 amide bonds. The third kappa shape index (κ3) is 3.81. The van der Waals surface area contributed by atoms with E-state index in [1.165, 1.54) is 0 Å². The highest BCUT2D eigenvalue weighted by Gasteiger charge is 2.41. The topological polar surface area (TPSA) is 69.6 Å². The van der Waals surface area contributed by atoms with Gasteiger partial charge in [-0.3, -0.25) is 4.79 Å². The molecule has 6 heteroatoms. The van der Waals surface area contributed by atoms with Crippen LogP contribution >= 0.6 is 11.8 Å². The zero-order valence-corrected chi connectivity index (χ0v) is 13.1. The molecule has 1 saturated heterocycles. The highest BCUT2D eigenvalue weighted by molar-refractivity contribution is 8.00. The van der Waals surface area contributed by atoms with Gasteiger partial charge in [-0.25, -0.2) is 4.79 Å². The number of nitrogens with one attached hydrogen (secondary N) is 1. The van der Waals surface area contributed by atoms with Crippen LogP contribution in [0, 0.1) is 0 Å². The van der Waals surface area contributed by atoms with E-state index in [1.807, 2.05) is 16.7 Å². The monoisotopic (exact) mass is 300 g/mol. The van der Waals surface area contributed by atoms with Gasteiger partial charge >= 0.3 is 12.0 Å². The molecule has 0 unspecified atom stereocenters. The van der Waals surface area contributed by atoms with Crippen molar-refractivity contribution in [1.82, 2.24) is 10.2 Å². The number of carboxylic acid groups (broad SMARTS) is 1. The average Bonchev–Trinajstić information content (AvgIpc) is 2.46. The van der Waals surface area contributed by atoms with E-state index in [-0.39, 0.29) is 17.2 Å². The summed E-state index contributed by atoms with van der Waals surface area (Å²) in [5.41, 5.74) is -0.502. The molecule has 0 radical (unpaired) electrons. The van der Waals surface area contributed by atoms with Gasteiger partial charge in [-0.2, -0.15) is 11.8 Å². The molecule has 1 aliphatic carbocycles. The van der Waals surface area contributed by atoms with Crippen LogP contribution in [0.3, 0.4) is 0 Å². The Labute approximate surface area is 124 Å². The van der Waals surface area contributed by atoms with E-state index in [1.54, 1.807) is 0 Å². The van der Waals surface area contributed by atoms with Crippen LogP contribution < -0.4 is 5.32 Å². The highest BCUT2D eigenvalue weighted by atomic mass is 32.2. The maximum atomic E-state index is 12.4. The second kappa shape index (κ2) is 5.84. The molecule has 1 aliphatic heterocycles. The van der Waals surface area contributed by atoms with Gasteiger partial charge in [0.15, 0.2) is 0 Å². The molecule has 0 aromatic rings. The Morgan fingerprint density at radius 2 is 1.95 bits per heavy atom. The summed E-state index contributed by atoms with van der Waals surface area (Å²) in [4.78, 5) is 25.1. The number of carboxylic acids is 1. The van der Waals surface area contributed by atoms with E-state index in [0.717, 1.165) is 44.5 Å². The van der Waals surface area contributed by atoms with Gasteiger partial charge in [0.1, 0.15) is 0 Å². The zero-order valence-electron chi connectivity index (χ0n) is 12.3. The average molecular weight is 300 g/mol. The molecule has 0 atom stereocenters. The van der Waals surface area contributed by atoms with Gasteiger partial charge in [-0.15, -0.1) is 0 Å². The van der Waals surface area contributed by atoms with E-state index in [2.05, 4.69) is 19.2 Å². The summed E-state index contributed by atoms with van der Waals surface area (Å²) in [7, 11) is 0. The van der Waals surface area contributed by atoms with Crippen LogP contribution in [0.4, 0.5) is 4.79 Å². The lowest BCUT2D eigenvalue weighted by Crippen LogP contribution is -2.58. The molecule has 20 heavy (non-hydrogen) atoms. The first-order chi connectivity index (χ1) is 9.32. The third-order valence-electron chi connectivity index (χ3n) is 4.30. The van der Waals surface area contributed by atoms with Gasteiger partial charge < -0.3 is 15.3 Å². The van der Waals surface area contributed by atoms with Crippen LogP contribution in [-0.4, -0.2) is 51.1 Å². The van der Waals surface area contributed by atoms with Crippen LogP contribution in [0.2, 0.25) is 0 Å². The van der Waals surface area contributed by atoms with Crippen LogP contribution in [0.15, 0.2) is 0 Å². The smallest absolute Gasteiger partial charge is 0.317 e. The largest absolute Gasteiger partial charge is 0.481 e. The van der Waals surface area contributed by atoms with E-state index < -0.39 is 11.5 Å². The predicted molar refractivity (Wildman–Crippen MR) is 80.1 cm³/mol. The third-order valence-corrected chi connectivity index (χ3v) is 5.67. The van der Waals surface area contributed by atoms with Gasteiger partial charge in [-0.05, 0) is 25.7 Å². The Balaban J connectivity index is 1.92. The van der Waals surface area contributed by atoms with Crippen molar-refractivity contribution in [2.75, 3.05) is 18.8 Å². The molecule has 2 rings (SSSR count). The summed E-state index contributed by atoms with van der Waals surface area (Å²) in [5.74, 6) is 0.101. The Morgan fingerprint density at radius 1 is 1.25 bits per heavy atom. The quantitative estimate of drug-likeness (QED) is 0.839. The van der Waals surface area contributed by atoms with Gasteiger partial charge in [0.05, 0.1) is 12.0 Å². The van der Waals surface area contributed by atoms with Crippen molar-refractivity contribution in [3.63, 3.8) is 0 Å². The fraction of sp³-hybridized carbons (Fsp3) is 0.857. The van der Waals surface area contributed by atoms with Gasteiger partial charge in [-0.1, -0.05) is 13.8 Å². The first-order valence-corrected chi connectivity index (χ1v) is 8.23. The lowest BCUT2D eigenvalue weighted by Gasteiger charge is -2.42. The normalized spacial score (nSPS) is 24.4. The van der Waals surface area contributed by atoms with Crippen LogP contribution in [-0.2, 0) is 4.79 Å². The molecular weight excluding hydrogens is 276 g/mol. The Bertz CT molecular complexity index is 394. The van der Waals surface area contributed by atoms with Crippen molar-refractivity contribution in [3.8, 4) is 0 Å². The Hall–Kier alpha value is -0.910. The number of hydrogen-bond acceptors (Lipinski definition) is 3. The van der Waals surface area contributed by atoms with Crippen LogP contribution in [0.5, 0.6) is 0 Å². The van der Waals surface area contributed by atoms with Crippen molar-refractivity contribution in [3.05, 3.63) is 0 Å². The van der Waals surface area contributed by atoms with Crippen molar-refractivity contribution in [2.45, 2.75) is 56.2 Å². The number of hydrogen-bond donors (Lipinski definition) is 2. The van der Waals surface area contributed by atoms with E-state index in [0.29, 0.717) is 0 Å². The summed E-state index contributed by atoms with van der Waals surface area (Å²) in [6.07, 6.45) is 3.55. The summed E-state index contributed by atoms with van der Waals surface area (Å²) in [6, 6.07) is -0.0933. The lowest BCUT2D eigenvalue weighted by molar-refractivity contribution is -0.139. The van der Waals surface area contributed by atoms with Gasteiger partial charge in [0, 0.05) is 23.6 Å². The molecule has 2 N–H and O–H groups in total. The number of thioether (sulfide) groups is 1. The predicted octanol–water partition coefficient (Wildman–Crippen LogP) is 2.31. The fourth-order valence-electron chi connectivity index (χ4n) is 2.77. The first-order valence-electron chi connectivity index (χ1n) is 7.25. The molecule has 2 aliphatic rings. The number of nitrogens with zero attached hydrogens (tertiary/aromatic N) is 1. The maximum Gasteiger partial charge on any atom is 0.317 e. The highest BCUT2D eigenvalue weighted by Crippen LogP contribution is 2.35. The number of carbonyl (C=O) groups is 2. The van der Waals surface area contributed by atoms with Crippen molar-refractivity contribution >= 4 is 23.8 Å². The summed E-state index contributed by atoms with van der Waals surface area (Å²) < 4.78 is 0.213. The van der Waals surface area contributed by atoms with Crippen molar-refractivity contribution < 1.29 is 14.7 Å². The fourth-order valence-corrected chi connectivity index (χ4v) is 3.87. The molecular formula is C14H24N2O3S. The zero-order chi connectivity index (χ0) is 14.8. The number of aliphatic carboxylic acids is 1. The summed E-state index contributed by atoms with van der Waals surface area (Å²) in [6.45, 7) is 5.89. The van der Waals surface area contributed by atoms with E-state index in [9.17, 15) is 9.59 Å². The van der Waals surface area contributed by atoms with Crippen LogP contribution in [0.1, 0.15) is 46.0 Å². The van der Waals surface area contributed by atoms with E-state index >= 15 is 0 Å². The minimum atomic E-state index is -0.836. The summed E-state index contributed by atoms with van der Waals surface area (Å²) in [5, 5.41) is 12.0. The molecule has 5 nitrogen and oxygen atoms in total. The summed E-state index contributed by atoms with van der Waals surface area (Å²) >= 11 is 1.89. The number of carbonyl (C=O) groups excluding carboxylic acids is 1. The van der Waals surface area contributed by atoms with Crippen molar-refractivity contribution in [2.24, 2.45) is 0 Å². The van der Waals surface area contributed by atoms with Gasteiger partial charge in [0.2, 0.25) is 0 Å². The second-order valence-corrected chi connectivity index (χ2v) is 8.28. The first kappa shape index (κ1) is 15.5. The number of rotatable bonds is 3. The minimum absolute atomic E-state index is 0.0345. The standard InChI is InChI=1S/C14H24N2O3S/c1-13(2)6-7-16(8-9-20-13)12(19)15-14(4-3-5-14)10-11(17)18/h3-10H2,1-2H3,(H,15,19)(H,17,18). The Morgan fingerprint density at radius 3 is 2.50 bits per heavy atom. The van der Waals surface area contributed by atoms with E-state index in [4.69, 9.17) is 5.11 Å². The molecule has 0 spiro atoms. The lowest BCUT2D eigenvalue weighted by atomic mass is 9.74. The molecule has 0 aromatic heterocycles. The molecule has 114 valence electrons. The Kier molecular flexibility index (Phi) is 4.52. The van der Waals surface area contributed by atoms with Crippen LogP contribution in [0.25, 0.3) is 0 Å². The second-order valence-electron chi connectivity index (χ2n) is 6.48. The minimum Gasteiger partial charge on any atom is -0.481 e. The molecule has 0 aromatic carbocycles.